The number of rotatable bonds is 5. The van der Waals surface area contributed by atoms with Crippen molar-refractivity contribution in [2.75, 3.05) is 0 Å². The van der Waals surface area contributed by atoms with E-state index in [2.05, 4.69) is 151 Å². The third kappa shape index (κ3) is 5.08. The maximum Gasteiger partial charge on any atom is 0.169 e. The summed E-state index contributed by atoms with van der Waals surface area (Å²) in [6, 6.07) is 61.7. The van der Waals surface area contributed by atoms with E-state index in [1.54, 1.807) is 0 Å². The first-order valence-corrected chi connectivity index (χ1v) is 17.3. The number of nitrogens with zero attached hydrogens (tertiary/aromatic N) is 2. The van der Waals surface area contributed by atoms with Crippen LogP contribution in [0.15, 0.2) is 190 Å². The zero-order valence-electron chi connectivity index (χ0n) is 27.6. The lowest BCUT2D eigenvalue weighted by Gasteiger charge is -2.23. The summed E-state index contributed by atoms with van der Waals surface area (Å²) < 4.78 is 6.49. The average Bonchev–Trinajstić information content (AvgIpc) is 3.59. The van der Waals surface area contributed by atoms with Crippen molar-refractivity contribution in [3.63, 3.8) is 0 Å². The average molecular weight is 654 g/mol. The Kier molecular flexibility index (Phi) is 6.85. The molecule has 1 aliphatic heterocycles. The van der Waals surface area contributed by atoms with Gasteiger partial charge in [-0.1, -0.05) is 152 Å². The standard InChI is InChI=1S/C47H31N3O/c1-3-12-30(13-4-1)36-17-9-10-19-38(36)34-26-27-42-41(28-34)44-39(20-11-21-43(44)51-42)47-49-45(33-15-5-2-6-16-33)48-46(50-47)35-25-24-32-23-22-31-14-7-8-18-37(31)40(32)29-35/h1-29,46H,(H,48,49,50). The molecule has 0 fully saturated rings. The van der Waals surface area contributed by atoms with Crippen LogP contribution in [-0.2, 0) is 0 Å². The van der Waals surface area contributed by atoms with E-state index >= 15 is 0 Å². The first-order chi connectivity index (χ1) is 25.3. The Morgan fingerprint density at radius 3 is 1.88 bits per heavy atom. The summed E-state index contributed by atoms with van der Waals surface area (Å²) in [5, 5.41) is 10.5. The minimum Gasteiger partial charge on any atom is -0.456 e. The van der Waals surface area contributed by atoms with Gasteiger partial charge < -0.3 is 9.73 Å². The van der Waals surface area contributed by atoms with Crippen LogP contribution in [0.2, 0.25) is 0 Å². The molecule has 0 radical (unpaired) electrons. The maximum absolute atomic E-state index is 6.49. The molecule has 0 aliphatic carbocycles. The van der Waals surface area contributed by atoms with Crippen molar-refractivity contribution in [1.29, 1.82) is 0 Å². The van der Waals surface area contributed by atoms with Crippen LogP contribution >= 0.6 is 0 Å². The topological polar surface area (TPSA) is 49.9 Å². The lowest BCUT2D eigenvalue weighted by molar-refractivity contribution is 0.669. The molecule has 1 atom stereocenters. The maximum atomic E-state index is 6.49. The Hall–Kier alpha value is -6.78. The van der Waals surface area contributed by atoms with E-state index in [1.807, 2.05) is 30.3 Å². The van der Waals surface area contributed by atoms with Crippen LogP contribution in [-0.4, -0.2) is 11.7 Å². The van der Waals surface area contributed by atoms with Gasteiger partial charge in [-0.25, -0.2) is 9.98 Å². The number of benzene rings is 8. The monoisotopic (exact) mass is 653 g/mol. The fourth-order valence-corrected chi connectivity index (χ4v) is 7.46. The van der Waals surface area contributed by atoms with Gasteiger partial charge in [0.1, 0.15) is 22.8 Å². The van der Waals surface area contributed by atoms with Crippen molar-refractivity contribution in [1.82, 2.24) is 5.32 Å². The molecule has 4 heteroatoms. The van der Waals surface area contributed by atoms with E-state index in [0.717, 1.165) is 55.9 Å². The molecule has 2 heterocycles. The number of furan rings is 1. The van der Waals surface area contributed by atoms with Gasteiger partial charge in [-0.3, -0.25) is 0 Å². The predicted molar refractivity (Wildman–Crippen MR) is 211 cm³/mol. The second-order valence-electron chi connectivity index (χ2n) is 13.0. The second kappa shape index (κ2) is 12.0. The summed E-state index contributed by atoms with van der Waals surface area (Å²) in [5.74, 6) is 1.54. The first-order valence-electron chi connectivity index (χ1n) is 17.3. The van der Waals surface area contributed by atoms with Crippen molar-refractivity contribution in [3.8, 4) is 22.3 Å². The highest BCUT2D eigenvalue weighted by Gasteiger charge is 2.24. The van der Waals surface area contributed by atoms with Crippen molar-refractivity contribution in [2.24, 2.45) is 9.98 Å². The summed E-state index contributed by atoms with van der Waals surface area (Å²) in [6.07, 6.45) is -0.443. The number of amidine groups is 2. The molecule has 1 aromatic heterocycles. The lowest BCUT2D eigenvalue weighted by atomic mass is 9.93. The molecule has 0 amide bonds. The smallest absolute Gasteiger partial charge is 0.169 e. The molecule has 1 aliphatic rings. The molecule has 9 aromatic rings. The second-order valence-corrected chi connectivity index (χ2v) is 13.0. The Bertz CT molecular complexity index is 2830. The molecule has 0 saturated carbocycles. The highest BCUT2D eigenvalue weighted by Crippen LogP contribution is 2.39. The van der Waals surface area contributed by atoms with E-state index in [1.165, 1.54) is 38.2 Å². The number of nitrogens with one attached hydrogen (secondary N) is 1. The molecule has 8 aromatic carbocycles. The van der Waals surface area contributed by atoms with Crippen LogP contribution in [0.1, 0.15) is 22.9 Å². The van der Waals surface area contributed by atoms with Gasteiger partial charge in [0.25, 0.3) is 0 Å². The van der Waals surface area contributed by atoms with Gasteiger partial charge >= 0.3 is 0 Å². The van der Waals surface area contributed by atoms with Gasteiger partial charge in [0.15, 0.2) is 6.17 Å². The van der Waals surface area contributed by atoms with Crippen LogP contribution in [0, 0.1) is 0 Å². The lowest BCUT2D eigenvalue weighted by Crippen LogP contribution is -2.36. The van der Waals surface area contributed by atoms with Gasteiger partial charge in [-0.05, 0) is 73.6 Å². The van der Waals surface area contributed by atoms with Gasteiger partial charge in [0.2, 0.25) is 0 Å². The summed E-state index contributed by atoms with van der Waals surface area (Å²) >= 11 is 0. The Balaban J connectivity index is 1.15. The Morgan fingerprint density at radius 1 is 0.412 bits per heavy atom. The molecule has 4 nitrogen and oxygen atoms in total. The zero-order valence-corrected chi connectivity index (χ0v) is 27.6. The highest BCUT2D eigenvalue weighted by atomic mass is 16.3. The SMILES string of the molecule is c1ccc(C2=NC(c3ccc4ccc5ccccc5c4c3)N=C(c3cccc4oc5ccc(-c6ccccc6-c6ccccc6)cc5c34)N2)cc1. The van der Waals surface area contributed by atoms with Gasteiger partial charge in [-0.15, -0.1) is 0 Å². The number of hydrogen-bond donors (Lipinski definition) is 1. The molecule has 10 rings (SSSR count). The number of aliphatic imine (C=N–C) groups is 2. The molecule has 51 heavy (non-hydrogen) atoms. The van der Waals surface area contributed by atoms with Crippen LogP contribution < -0.4 is 5.32 Å². The van der Waals surface area contributed by atoms with Gasteiger partial charge in [-0.2, -0.15) is 0 Å². The zero-order chi connectivity index (χ0) is 33.7. The number of fused-ring (bicyclic) bond motifs is 6. The summed E-state index contributed by atoms with van der Waals surface area (Å²) in [7, 11) is 0. The number of hydrogen-bond acceptors (Lipinski definition) is 4. The Morgan fingerprint density at radius 2 is 1.06 bits per heavy atom. The summed E-state index contributed by atoms with van der Waals surface area (Å²) in [5.41, 5.74) is 9.35. The summed E-state index contributed by atoms with van der Waals surface area (Å²) in [4.78, 5) is 10.5. The van der Waals surface area contributed by atoms with E-state index in [0.29, 0.717) is 0 Å². The molecule has 1 unspecified atom stereocenters. The molecular weight excluding hydrogens is 623 g/mol. The third-order valence-corrected chi connectivity index (χ3v) is 9.93. The van der Waals surface area contributed by atoms with Crippen LogP contribution in [0.25, 0.3) is 65.7 Å². The highest BCUT2D eigenvalue weighted by molar-refractivity contribution is 6.23. The van der Waals surface area contributed by atoms with Gasteiger partial charge in [0.05, 0.1) is 0 Å². The van der Waals surface area contributed by atoms with E-state index in [9.17, 15) is 0 Å². The van der Waals surface area contributed by atoms with Crippen LogP contribution in [0.4, 0.5) is 0 Å². The molecule has 0 saturated heterocycles. The quantitative estimate of drug-likeness (QED) is 0.188. The van der Waals surface area contributed by atoms with Crippen molar-refractivity contribution in [3.05, 3.63) is 193 Å². The Labute approximate surface area is 295 Å². The van der Waals surface area contributed by atoms with Crippen molar-refractivity contribution < 1.29 is 4.42 Å². The molecular formula is C47H31N3O. The van der Waals surface area contributed by atoms with Gasteiger partial charge in [0, 0.05) is 21.9 Å². The molecule has 0 spiro atoms. The minimum absolute atomic E-state index is 0.443. The van der Waals surface area contributed by atoms with E-state index in [4.69, 9.17) is 14.4 Å². The summed E-state index contributed by atoms with van der Waals surface area (Å²) in [6.45, 7) is 0. The normalized spacial score (nSPS) is 14.5. The first kappa shape index (κ1) is 29.2. The van der Waals surface area contributed by atoms with E-state index < -0.39 is 6.17 Å². The van der Waals surface area contributed by atoms with Crippen LogP contribution in [0.3, 0.4) is 0 Å². The largest absolute Gasteiger partial charge is 0.456 e. The fraction of sp³-hybridized carbons (Fsp3) is 0.0213. The minimum atomic E-state index is -0.443. The molecule has 1 N–H and O–H groups in total. The predicted octanol–water partition coefficient (Wildman–Crippen LogP) is 11.7. The van der Waals surface area contributed by atoms with E-state index in [-0.39, 0.29) is 0 Å². The fourth-order valence-electron chi connectivity index (χ4n) is 7.46. The van der Waals surface area contributed by atoms with Crippen molar-refractivity contribution >= 4 is 55.2 Å². The van der Waals surface area contributed by atoms with Crippen LogP contribution in [0.5, 0.6) is 0 Å². The van der Waals surface area contributed by atoms with Crippen molar-refractivity contribution in [2.45, 2.75) is 6.17 Å². The molecule has 240 valence electrons. The third-order valence-electron chi connectivity index (χ3n) is 9.93. The molecule has 0 bridgehead atoms.